The third-order valence-corrected chi connectivity index (χ3v) is 3.83. The van der Waals surface area contributed by atoms with Crippen LogP contribution in [0, 0.1) is 6.92 Å². The first-order valence-electron chi connectivity index (χ1n) is 6.88. The van der Waals surface area contributed by atoms with E-state index in [-0.39, 0.29) is 12.4 Å². The molecule has 2 N–H and O–H groups in total. The van der Waals surface area contributed by atoms with Gasteiger partial charge in [0.2, 0.25) is 0 Å². The van der Waals surface area contributed by atoms with E-state index in [1.54, 1.807) is 23.5 Å². The van der Waals surface area contributed by atoms with Crippen molar-refractivity contribution in [1.29, 1.82) is 0 Å². The lowest BCUT2D eigenvalue weighted by Gasteiger charge is -2.01. The highest BCUT2D eigenvalue weighted by Gasteiger charge is 2.02. The minimum absolute atomic E-state index is 0.107. The molecular weight excluding hydrogens is 314 g/mol. The SMILES string of the molecule is C/C(=N\OCC(=O)N/N=C\c1ccc(C)cc1O)c1cccs1. The molecule has 1 amide bonds. The Balaban J connectivity index is 1.79. The van der Waals surface area contributed by atoms with Gasteiger partial charge in [-0.25, -0.2) is 5.43 Å². The molecule has 0 bridgehead atoms. The highest BCUT2D eigenvalue weighted by atomic mass is 32.1. The van der Waals surface area contributed by atoms with Gasteiger partial charge in [-0.05, 0) is 43.0 Å². The molecule has 120 valence electrons. The van der Waals surface area contributed by atoms with Gasteiger partial charge in [0.1, 0.15) is 5.75 Å². The molecule has 2 rings (SSSR count). The molecule has 0 aliphatic rings. The Labute approximate surface area is 138 Å². The fraction of sp³-hybridized carbons (Fsp3) is 0.188. The molecule has 0 radical (unpaired) electrons. The summed E-state index contributed by atoms with van der Waals surface area (Å²) >= 11 is 1.55. The summed E-state index contributed by atoms with van der Waals surface area (Å²) in [7, 11) is 0. The van der Waals surface area contributed by atoms with Crippen molar-refractivity contribution < 1.29 is 14.7 Å². The zero-order valence-electron chi connectivity index (χ0n) is 12.8. The molecule has 7 heteroatoms. The van der Waals surface area contributed by atoms with E-state index in [2.05, 4.69) is 15.7 Å². The Morgan fingerprint density at radius 2 is 2.26 bits per heavy atom. The van der Waals surface area contributed by atoms with Crippen LogP contribution in [-0.2, 0) is 9.63 Å². The fourth-order valence-electron chi connectivity index (χ4n) is 1.69. The molecule has 1 aromatic carbocycles. The van der Waals surface area contributed by atoms with Crippen molar-refractivity contribution in [2.45, 2.75) is 13.8 Å². The summed E-state index contributed by atoms with van der Waals surface area (Å²) in [6.07, 6.45) is 1.37. The predicted octanol–water partition coefficient (Wildman–Crippen LogP) is 2.65. The number of aromatic hydroxyl groups is 1. The Kier molecular flexibility index (Phi) is 5.87. The number of hydrazone groups is 1. The van der Waals surface area contributed by atoms with Gasteiger partial charge in [-0.1, -0.05) is 17.3 Å². The summed E-state index contributed by atoms with van der Waals surface area (Å²) < 4.78 is 0. The maximum Gasteiger partial charge on any atom is 0.280 e. The van der Waals surface area contributed by atoms with Gasteiger partial charge in [-0.2, -0.15) is 5.10 Å². The quantitative estimate of drug-likeness (QED) is 0.630. The number of aryl methyl sites for hydroxylation is 1. The van der Waals surface area contributed by atoms with Crippen LogP contribution in [0.5, 0.6) is 5.75 Å². The third kappa shape index (κ3) is 5.23. The lowest BCUT2D eigenvalue weighted by Crippen LogP contribution is -2.22. The van der Waals surface area contributed by atoms with Crippen LogP contribution in [-0.4, -0.2) is 29.5 Å². The monoisotopic (exact) mass is 331 g/mol. The number of carbonyl (C=O) groups is 1. The van der Waals surface area contributed by atoms with Crippen molar-refractivity contribution in [1.82, 2.24) is 5.43 Å². The molecule has 1 heterocycles. The molecule has 0 unspecified atom stereocenters. The summed E-state index contributed by atoms with van der Waals surface area (Å²) in [6.45, 7) is 3.44. The number of oxime groups is 1. The van der Waals surface area contributed by atoms with Crippen LogP contribution < -0.4 is 5.43 Å². The van der Waals surface area contributed by atoms with E-state index in [0.29, 0.717) is 11.3 Å². The van der Waals surface area contributed by atoms with Crippen molar-refractivity contribution in [2.75, 3.05) is 6.61 Å². The molecule has 6 nitrogen and oxygen atoms in total. The Bertz CT molecular complexity index is 724. The van der Waals surface area contributed by atoms with Crippen LogP contribution in [0.15, 0.2) is 46.0 Å². The van der Waals surface area contributed by atoms with Gasteiger partial charge in [-0.3, -0.25) is 4.79 Å². The lowest BCUT2D eigenvalue weighted by atomic mass is 10.1. The summed E-state index contributed by atoms with van der Waals surface area (Å²) in [6, 6.07) is 9.01. The standard InChI is InChI=1S/C16H17N3O3S/c1-11-5-6-13(14(20)8-11)9-17-18-16(21)10-22-19-12(2)15-4-3-7-23-15/h3-9,20H,10H2,1-2H3,(H,18,21)/b17-9-,19-12+. The number of benzene rings is 1. The van der Waals surface area contributed by atoms with Crippen molar-refractivity contribution in [3.05, 3.63) is 51.7 Å². The van der Waals surface area contributed by atoms with Gasteiger partial charge < -0.3 is 9.94 Å². The second-order valence-electron chi connectivity index (χ2n) is 4.78. The van der Waals surface area contributed by atoms with Gasteiger partial charge in [0.15, 0.2) is 6.61 Å². The van der Waals surface area contributed by atoms with Gasteiger partial charge in [-0.15, -0.1) is 11.3 Å². The predicted molar refractivity (Wildman–Crippen MR) is 91.1 cm³/mol. The molecule has 0 saturated heterocycles. The topological polar surface area (TPSA) is 83.3 Å². The zero-order valence-corrected chi connectivity index (χ0v) is 13.6. The first-order valence-corrected chi connectivity index (χ1v) is 7.76. The van der Waals surface area contributed by atoms with E-state index >= 15 is 0 Å². The maximum atomic E-state index is 11.6. The van der Waals surface area contributed by atoms with Crippen molar-refractivity contribution in [3.8, 4) is 5.75 Å². The smallest absolute Gasteiger partial charge is 0.280 e. The first-order chi connectivity index (χ1) is 11.1. The molecule has 0 saturated carbocycles. The van der Waals surface area contributed by atoms with E-state index < -0.39 is 5.91 Å². The minimum Gasteiger partial charge on any atom is -0.507 e. The van der Waals surface area contributed by atoms with Gasteiger partial charge in [0, 0.05) is 5.56 Å². The number of carbonyl (C=O) groups excluding carboxylic acids is 1. The largest absolute Gasteiger partial charge is 0.507 e. The number of thiophene rings is 1. The number of nitrogens with one attached hydrogen (secondary N) is 1. The van der Waals surface area contributed by atoms with Crippen LogP contribution in [0.25, 0.3) is 0 Å². The highest BCUT2D eigenvalue weighted by Crippen LogP contribution is 2.16. The van der Waals surface area contributed by atoms with E-state index in [1.807, 2.05) is 37.4 Å². The lowest BCUT2D eigenvalue weighted by molar-refractivity contribution is -0.125. The normalized spacial score (nSPS) is 11.7. The first kappa shape index (κ1) is 16.7. The Morgan fingerprint density at radius 1 is 1.43 bits per heavy atom. The molecule has 23 heavy (non-hydrogen) atoms. The van der Waals surface area contributed by atoms with E-state index in [1.165, 1.54) is 6.21 Å². The van der Waals surface area contributed by atoms with Crippen LogP contribution >= 0.6 is 11.3 Å². The van der Waals surface area contributed by atoms with Crippen molar-refractivity contribution in [2.24, 2.45) is 10.3 Å². The average molecular weight is 331 g/mol. The minimum atomic E-state index is -0.435. The number of phenolic OH excluding ortho intramolecular Hbond substituents is 1. The van der Waals surface area contributed by atoms with E-state index in [9.17, 15) is 9.90 Å². The Morgan fingerprint density at radius 3 is 2.96 bits per heavy atom. The summed E-state index contributed by atoms with van der Waals surface area (Å²) in [5, 5.41) is 19.3. The second-order valence-corrected chi connectivity index (χ2v) is 5.73. The fourth-order valence-corrected chi connectivity index (χ4v) is 2.35. The molecule has 2 aromatic rings. The molecule has 0 fully saturated rings. The molecule has 0 atom stereocenters. The van der Waals surface area contributed by atoms with Crippen LogP contribution in [0.1, 0.15) is 22.9 Å². The number of hydrogen-bond acceptors (Lipinski definition) is 6. The second kappa shape index (κ2) is 8.09. The van der Waals surface area contributed by atoms with Crippen molar-refractivity contribution in [3.63, 3.8) is 0 Å². The third-order valence-electron chi connectivity index (χ3n) is 2.85. The van der Waals surface area contributed by atoms with Crippen LogP contribution in [0.2, 0.25) is 0 Å². The van der Waals surface area contributed by atoms with Gasteiger partial charge in [0.05, 0.1) is 16.8 Å². The number of rotatable bonds is 6. The molecule has 1 aromatic heterocycles. The van der Waals surface area contributed by atoms with E-state index in [0.717, 1.165) is 10.4 Å². The number of phenols is 1. The summed E-state index contributed by atoms with van der Waals surface area (Å²) in [5.74, 6) is -0.328. The van der Waals surface area contributed by atoms with Crippen LogP contribution in [0.4, 0.5) is 0 Å². The van der Waals surface area contributed by atoms with Crippen LogP contribution in [0.3, 0.4) is 0 Å². The number of amides is 1. The van der Waals surface area contributed by atoms with Crippen molar-refractivity contribution >= 4 is 29.2 Å². The van der Waals surface area contributed by atoms with Gasteiger partial charge >= 0.3 is 0 Å². The maximum absolute atomic E-state index is 11.6. The molecule has 0 aliphatic carbocycles. The molecular formula is C16H17N3O3S. The molecule has 0 spiro atoms. The highest BCUT2D eigenvalue weighted by molar-refractivity contribution is 7.12. The van der Waals surface area contributed by atoms with E-state index in [4.69, 9.17) is 4.84 Å². The molecule has 0 aliphatic heterocycles. The Hall–Kier alpha value is -2.67. The number of hydrogen-bond donors (Lipinski definition) is 2. The summed E-state index contributed by atoms with van der Waals surface area (Å²) in [5.41, 5.74) is 4.48. The zero-order chi connectivity index (χ0) is 16.7. The summed E-state index contributed by atoms with van der Waals surface area (Å²) in [4.78, 5) is 17.5. The average Bonchev–Trinajstić information content (AvgIpc) is 3.04. The van der Waals surface area contributed by atoms with Gasteiger partial charge in [0.25, 0.3) is 5.91 Å². The number of nitrogens with zero attached hydrogens (tertiary/aromatic N) is 2.